The summed E-state index contributed by atoms with van der Waals surface area (Å²) in [6.07, 6.45) is 0. The van der Waals surface area contributed by atoms with E-state index >= 15 is 0 Å². The summed E-state index contributed by atoms with van der Waals surface area (Å²) in [5.41, 5.74) is 2.00. The zero-order chi connectivity index (χ0) is 13.4. The van der Waals surface area contributed by atoms with Gasteiger partial charge in [0.25, 0.3) is 5.91 Å². The van der Waals surface area contributed by atoms with Crippen molar-refractivity contribution in [2.75, 3.05) is 5.32 Å². The van der Waals surface area contributed by atoms with Crippen LogP contribution < -0.4 is 11.0 Å². The maximum atomic E-state index is 11.9. The van der Waals surface area contributed by atoms with Gasteiger partial charge in [-0.25, -0.2) is 4.79 Å². The van der Waals surface area contributed by atoms with E-state index in [2.05, 4.69) is 10.3 Å². The zero-order valence-electron chi connectivity index (χ0n) is 10.1. The molecule has 2 heterocycles. The fourth-order valence-corrected chi connectivity index (χ4v) is 2.53. The lowest BCUT2D eigenvalue weighted by Crippen LogP contribution is -2.11. The molecule has 0 radical (unpaired) electrons. The molecule has 96 valence electrons. The Balaban J connectivity index is 1.94. The van der Waals surface area contributed by atoms with Gasteiger partial charge in [0.2, 0.25) is 0 Å². The lowest BCUT2D eigenvalue weighted by atomic mass is 10.2. The van der Waals surface area contributed by atoms with Crippen LogP contribution in [0.2, 0.25) is 0 Å². The number of fused-ring (bicyclic) bond motifs is 1. The van der Waals surface area contributed by atoms with E-state index in [4.69, 9.17) is 0 Å². The highest BCUT2D eigenvalue weighted by Crippen LogP contribution is 2.17. The van der Waals surface area contributed by atoms with Crippen LogP contribution >= 0.6 is 11.3 Å². The third-order valence-corrected chi connectivity index (χ3v) is 3.78. The number of hydrogen-bond acceptors (Lipinski definition) is 3. The Morgan fingerprint density at radius 1 is 1.37 bits per heavy atom. The Hall–Kier alpha value is -2.34. The summed E-state index contributed by atoms with van der Waals surface area (Å²) in [5.74, 6) is -0.146. The number of aryl methyl sites for hydroxylation is 1. The van der Waals surface area contributed by atoms with E-state index in [1.165, 1.54) is 15.9 Å². The maximum Gasteiger partial charge on any atom is 0.326 e. The standard InChI is InChI=1S/C13H11N3O2S/c1-16-10-5-4-8(7-9(10)15-13(16)18)14-12(17)11-3-2-6-19-11/h2-7H,1H3,(H,14,17)(H,15,18). The third-order valence-electron chi connectivity index (χ3n) is 2.91. The van der Waals surface area contributed by atoms with Crippen LogP contribution in [-0.2, 0) is 7.05 Å². The lowest BCUT2D eigenvalue weighted by Gasteiger charge is -2.03. The molecule has 2 N–H and O–H groups in total. The van der Waals surface area contributed by atoms with Gasteiger partial charge in [-0.05, 0) is 29.6 Å². The number of amides is 1. The van der Waals surface area contributed by atoms with Crippen molar-refractivity contribution in [3.05, 3.63) is 51.1 Å². The number of nitrogens with zero attached hydrogens (tertiary/aromatic N) is 1. The number of H-pyrrole nitrogens is 1. The molecule has 0 atom stereocenters. The van der Waals surface area contributed by atoms with Crippen molar-refractivity contribution in [1.82, 2.24) is 9.55 Å². The SMILES string of the molecule is Cn1c(=O)[nH]c2cc(NC(=O)c3cccs3)ccc21. The van der Waals surface area contributed by atoms with Gasteiger partial charge in [0.05, 0.1) is 15.9 Å². The van der Waals surface area contributed by atoms with E-state index < -0.39 is 0 Å². The molecular formula is C13H11N3O2S. The molecular weight excluding hydrogens is 262 g/mol. The average molecular weight is 273 g/mol. The Kier molecular flexibility index (Phi) is 2.72. The molecule has 19 heavy (non-hydrogen) atoms. The fraction of sp³-hybridized carbons (Fsp3) is 0.0769. The van der Waals surface area contributed by atoms with Gasteiger partial charge in [-0.15, -0.1) is 11.3 Å². The number of thiophene rings is 1. The largest absolute Gasteiger partial charge is 0.326 e. The van der Waals surface area contributed by atoms with E-state index in [1.54, 1.807) is 31.3 Å². The second kappa shape index (κ2) is 4.40. The summed E-state index contributed by atoms with van der Waals surface area (Å²) < 4.78 is 1.53. The van der Waals surface area contributed by atoms with Crippen LogP contribution in [0, 0.1) is 0 Å². The van der Waals surface area contributed by atoms with Crippen LogP contribution in [0.5, 0.6) is 0 Å². The van der Waals surface area contributed by atoms with Gasteiger partial charge in [-0.2, -0.15) is 0 Å². The van der Waals surface area contributed by atoms with Crippen molar-refractivity contribution in [2.45, 2.75) is 0 Å². The highest BCUT2D eigenvalue weighted by atomic mass is 32.1. The molecule has 3 rings (SSSR count). The van der Waals surface area contributed by atoms with Crippen LogP contribution in [0.25, 0.3) is 11.0 Å². The molecule has 0 aliphatic carbocycles. The average Bonchev–Trinajstić information content (AvgIpc) is 2.99. The number of aromatic amines is 1. The number of rotatable bonds is 2. The lowest BCUT2D eigenvalue weighted by molar-refractivity contribution is 0.103. The van der Waals surface area contributed by atoms with Crippen LogP contribution in [0.1, 0.15) is 9.67 Å². The van der Waals surface area contributed by atoms with Crippen molar-refractivity contribution in [2.24, 2.45) is 7.05 Å². The number of benzene rings is 1. The molecule has 1 aromatic carbocycles. The number of imidazole rings is 1. The Morgan fingerprint density at radius 3 is 2.95 bits per heavy atom. The topological polar surface area (TPSA) is 66.9 Å². The Labute approximate surface area is 112 Å². The molecule has 0 fully saturated rings. The first-order chi connectivity index (χ1) is 9.15. The van der Waals surface area contributed by atoms with E-state index in [0.717, 1.165) is 5.52 Å². The minimum atomic E-state index is -0.170. The molecule has 0 aliphatic rings. The van der Waals surface area contributed by atoms with Crippen LogP contribution in [0.3, 0.4) is 0 Å². The minimum Gasteiger partial charge on any atom is -0.321 e. The van der Waals surface area contributed by atoms with Gasteiger partial charge in [0.15, 0.2) is 0 Å². The first kappa shape index (κ1) is 11.7. The summed E-state index contributed by atoms with van der Waals surface area (Å²) >= 11 is 1.39. The molecule has 0 unspecified atom stereocenters. The molecule has 0 spiro atoms. The third kappa shape index (κ3) is 2.06. The molecule has 1 amide bonds. The monoisotopic (exact) mass is 273 g/mol. The number of carbonyl (C=O) groups is 1. The second-order valence-corrected chi connectivity index (χ2v) is 5.10. The number of carbonyl (C=O) groups excluding carboxylic acids is 1. The van der Waals surface area contributed by atoms with E-state index in [0.29, 0.717) is 16.1 Å². The first-order valence-electron chi connectivity index (χ1n) is 5.69. The highest BCUT2D eigenvalue weighted by molar-refractivity contribution is 7.12. The summed E-state index contributed by atoms with van der Waals surface area (Å²) in [6.45, 7) is 0. The van der Waals surface area contributed by atoms with Crippen molar-refractivity contribution in [1.29, 1.82) is 0 Å². The molecule has 0 saturated carbocycles. The zero-order valence-corrected chi connectivity index (χ0v) is 11.0. The molecule has 5 nitrogen and oxygen atoms in total. The minimum absolute atomic E-state index is 0.146. The van der Waals surface area contributed by atoms with Crippen molar-refractivity contribution in [3.8, 4) is 0 Å². The number of nitrogens with one attached hydrogen (secondary N) is 2. The highest BCUT2D eigenvalue weighted by Gasteiger charge is 2.08. The van der Waals surface area contributed by atoms with Gasteiger partial charge in [-0.1, -0.05) is 6.07 Å². The van der Waals surface area contributed by atoms with Crippen LogP contribution in [0.4, 0.5) is 5.69 Å². The predicted octanol–water partition coefficient (Wildman–Crippen LogP) is 2.18. The molecule has 6 heteroatoms. The Bertz CT molecular complexity index is 799. The number of hydrogen-bond donors (Lipinski definition) is 2. The van der Waals surface area contributed by atoms with E-state index in [-0.39, 0.29) is 11.6 Å². The Morgan fingerprint density at radius 2 is 2.21 bits per heavy atom. The molecule has 3 aromatic rings. The van der Waals surface area contributed by atoms with Gasteiger partial charge in [0, 0.05) is 12.7 Å². The summed E-state index contributed by atoms with van der Waals surface area (Å²) in [4.78, 5) is 26.8. The van der Waals surface area contributed by atoms with Crippen LogP contribution in [0.15, 0.2) is 40.5 Å². The maximum absolute atomic E-state index is 11.9. The molecule has 0 saturated heterocycles. The van der Waals surface area contributed by atoms with Gasteiger partial charge in [-0.3, -0.25) is 9.36 Å². The number of anilines is 1. The van der Waals surface area contributed by atoms with Gasteiger partial charge < -0.3 is 10.3 Å². The molecule has 0 bridgehead atoms. The van der Waals surface area contributed by atoms with Crippen LogP contribution in [-0.4, -0.2) is 15.5 Å². The van der Waals surface area contributed by atoms with E-state index in [1.807, 2.05) is 11.4 Å². The molecule has 2 aromatic heterocycles. The predicted molar refractivity (Wildman–Crippen MR) is 75.8 cm³/mol. The van der Waals surface area contributed by atoms with Crippen molar-refractivity contribution >= 4 is 34.0 Å². The quantitative estimate of drug-likeness (QED) is 0.751. The smallest absolute Gasteiger partial charge is 0.321 e. The van der Waals surface area contributed by atoms with Crippen molar-refractivity contribution < 1.29 is 4.79 Å². The van der Waals surface area contributed by atoms with E-state index in [9.17, 15) is 9.59 Å². The fourth-order valence-electron chi connectivity index (χ4n) is 1.92. The van der Waals surface area contributed by atoms with Crippen molar-refractivity contribution in [3.63, 3.8) is 0 Å². The normalized spacial score (nSPS) is 10.8. The number of aromatic nitrogens is 2. The second-order valence-electron chi connectivity index (χ2n) is 4.15. The first-order valence-corrected chi connectivity index (χ1v) is 6.57. The van der Waals surface area contributed by atoms with Gasteiger partial charge >= 0.3 is 5.69 Å². The summed E-state index contributed by atoms with van der Waals surface area (Å²) in [6, 6.07) is 8.93. The van der Waals surface area contributed by atoms with Gasteiger partial charge in [0.1, 0.15) is 0 Å². The summed E-state index contributed by atoms with van der Waals surface area (Å²) in [5, 5.41) is 4.66. The molecule has 0 aliphatic heterocycles. The summed E-state index contributed by atoms with van der Waals surface area (Å²) in [7, 11) is 1.70.